The number of aromatic hydroxyl groups is 1. The smallest absolute Gasteiger partial charge is 0.185 e. The molecule has 0 spiro atoms. The molecule has 0 amide bonds. The van der Waals surface area contributed by atoms with Gasteiger partial charge in [0.05, 0.1) is 0 Å². The first kappa shape index (κ1) is 13.0. The van der Waals surface area contributed by atoms with Crippen molar-refractivity contribution in [3.8, 4) is 5.75 Å². The van der Waals surface area contributed by atoms with E-state index in [0.29, 0.717) is 0 Å². The maximum absolute atomic E-state index is 13.3. The van der Waals surface area contributed by atoms with E-state index in [9.17, 15) is 18.7 Å². The minimum Gasteiger partial charge on any atom is -0.508 e. The average Bonchev–Trinajstić information content (AvgIpc) is 2.40. The Labute approximate surface area is 108 Å². The van der Waals surface area contributed by atoms with Crippen molar-refractivity contribution in [2.24, 2.45) is 0 Å². The van der Waals surface area contributed by atoms with E-state index in [-0.39, 0.29) is 16.9 Å². The summed E-state index contributed by atoms with van der Waals surface area (Å²) in [6, 6.07) is 9.51. The lowest BCUT2D eigenvalue weighted by Crippen LogP contribution is -1.94. The lowest BCUT2D eigenvalue weighted by molar-refractivity contribution is 0.104. The average molecular weight is 260 g/mol. The molecule has 19 heavy (non-hydrogen) atoms. The normalized spacial score (nSPS) is 10.8. The van der Waals surface area contributed by atoms with Gasteiger partial charge in [-0.1, -0.05) is 24.3 Å². The molecule has 0 bridgehead atoms. The Balaban J connectivity index is 2.23. The maximum Gasteiger partial charge on any atom is 0.185 e. The Morgan fingerprint density at radius 3 is 2.58 bits per heavy atom. The van der Waals surface area contributed by atoms with E-state index in [4.69, 9.17) is 0 Å². The molecule has 2 nitrogen and oxygen atoms in total. The van der Waals surface area contributed by atoms with Crippen LogP contribution in [0, 0.1) is 11.6 Å². The number of allylic oxidation sites excluding steroid dienone is 1. The number of rotatable bonds is 3. The van der Waals surface area contributed by atoms with E-state index >= 15 is 0 Å². The minimum absolute atomic E-state index is 0.00602. The van der Waals surface area contributed by atoms with Crippen LogP contribution in [-0.2, 0) is 0 Å². The van der Waals surface area contributed by atoms with E-state index in [1.165, 1.54) is 42.5 Å². The number of benzene rings is 2. The molecule has 96 valence electrons. The van der Waals surface area contributed by atoms with Crippen LogP contribution in [0.15, 0.2) is 48.5 Å². The summed E-state index contributed by atoms with van der Waals surface area (Å²) in [6.45, 7) is 0. The fourth-order valence-corrected chi connectivity index (χ4v) is 1.57. The highest BCUT2D eigenvalue weighted by Gasteiger charge is 2.06. The predicted octanol–water partition coefficient (Wildman–Crippen LogP) is 3.57. The second kappa shape index (κ2) is 5.44. The molecule has 0 saturated carbocycles. The zero-order valence-corrected chi connectivity index (χ0v) is 9.81. The number of hydrogen-bond acceptors (Lipinski definition) is 2. The maximum atomic E-state index is 13.3. The van der Waals surface area contributed by atoms with Gasteiger partial charge in [-0.05, 0) is 30.4 Å². The molecule has 0 fully saturated rings. The first-order valence-corrected chi connectivity index (χ1v) is 5.53. The van der Waals surface area contributed by atoms with Gasteiger partial charge in [0.1, 0.15) is 5.75 Å². The summed E-state index contributed by atoms with van der Waals surface area (Å²) in [7, 11) is 0. The summed E-state index contributed by atoms with van der Waals surface area (Å²) in [6.07, 6.45) is 2.33. The van der Waals surface area contributed by atoms with Crippen LogP contribution in [0.5, 0.6) is 5.75 Å². The van der Waals surface area contributed by atoms with Crippen molar-refractivity contribution in [1.82, 2.24) is 0 Å². The second-order valence-corrected chi connectivity index (χ2v) is 3.89. The predicted molar refractivity (Wildman–Crippen MR) is 67.8 cm³/mol. The lowest BCUT2D eigenvalue weighted by atomic mass is 10.1. The molecule has 0 aliphatic rings. The number of carbonyl (C=O) groups excluding carboxylic acids is 1. The number of carbonyl (C=O) groups is 1. The van der Waals surface area contributed by atoms with Crippen molar-refractivity contribution in [3.05, 3.63) is 71.3 Å². The number of halogens is 2. The molecule has 0 aromatic heterocycles. The zero-order chi connectivity index (χ0) is 13.8. The largest absolute Gasteiger partial charge is 0.508 e. The third-order valence-electron chi connectivity index (χ3n) is 2.53. The molecule has 0 radical (unpaired) electrons. The van der Waals surface area contributed by atoms with E-state index in [0.717, 1.165) is 12.1 Å². The molecule has 0 saturated heterocycles. The van der Waals surface area contributed by atoms with E-state index in [2.05, 4.69) is 0 Å². The highest BCUT2D eigenvalue weighted by Crippen LogP contribution is 2.15. The van der Waals surface area contributed by atoms with E-state index in [1.54, 1.807) is 0 Å². The van der Waals surface area contributed by atoms with E-state index in [1.807, 2.05) is 0 Å². The van der Waals surface area contributed by atoms with Gasteiger partial charge in [-0.2, -0.15) is 0 Å². The molecule has 2 aromatic rings. The van der Waals surface area contributed by atoms with Crippen LogP contribution in [0.25, 0.3) is 6.08 Å². The molecule has 2 rings (SSSR count). The van der Waals surface area contributed by atoms with Gasteiger partial charge in [0.25, 0.3) is 0 Å². The molecule has 1 N–H and O–H groups in total. The summed E-state index contributed by atoms with van der Waals surface area (Å²) < 4.78 is 26.3. The van der Waals surface area contributed by atoms with Crippen LogP contribution in [-0.4, -0.2) is 10.9 Å². The molecule has 0 unspecified atom stereocenters. The first-order chi connectivity index (χ1) is 9.08. The number of phenolic OH excluding ortho intramolecular Hbond substituents is 1. The highest BCUT2D eigenvalue weighted by atomic mass is 19.2. The zero-order valence-electron chi connectivity index (χ0n) is 9.81. The quantitative estimate of drug-likeness (QED) is 0.676. The standard InChI is InChI=1S/C15H10F2O2/c16-13-6-2-3-10(15(13)17)7-8-14(19)11-4-1-5-12(18)9-11/h1-9,18H/b8-7+. The number of phenols is 1. The number of hydrogen-bond donors (Lipinski definition) is 1. The van der Waals surface area contributed by atoms with Crippen molar-refractivity contribution in [2.45, 2.75) is 0 Å². The molecule has 0 atom stereocenters. The van der Waals surface area contributed by atoms with Crippen LogP contribution in [0.4, 0.5) is 8.78 Å². The van der Waals surface area contributed by atoms with Crippen LogP contribution in [0.3, 0.4) is 0 Å². The summed E-state index contributed by atoms with van der Waals surface area (Å²) >= 11 is 0. The second-order valence-electron chi connectivity index (χ2n) is 3.89. The topological polar surface area (TPSA) is 37.3 Å². The SMILES string of the molecule is O=C(/C=C/c1cccc(F)c1F)c1cccc(O)c1. The lowest BCUT2D eigenvalue weighted by Gasteiger charge is -1.98. The van der Waals surface area contributed by atoms with Crippen molar-refractivity contribution >= 4 is 11.9 Å². The van der Waals surface area contributed by atoms with Gasteiger partial charge in [0.2, 0.25) is 0 Å². The first-order valence-electron chi connectivity index (χ1n) is 5.53. The molecular formula is C15H10F2O2. The van der Waals surface area contributed by atoms with Crippen molar-refractivity contribution in [3.63, 3.8) is 0 Å². The Bertz CT molecular complexity index is 648. The molecule has 0 heterocycles. The Morgan fingerprint density at radius 2 is 1.84 bits per heavy atom. The van der Waals surface area contributed by atoms with Gasteiger partial charge >= 0.3 is 0 Å². The van der Waals surface area contributed by atoms with Gasteiger partial charge in [-0.3, -0.25) is 4.79 Å². The van der Waals surface area contributed by atoms with Crippen molar-refractivity contribution in [2.75, 3.05) is 0 Å². The van der Waals surface area contributed by atoms with Crippen molar-refractivity contribution < 1.29 is 18.7 Å². The van der Waals surface area contributed by atoms with Gasteiger partial charge in [-0.25, -0.2) is 8.78 Å². The minimum atomic E-state index is -0.998. The van der Waals surface area contributed by atoms with Gasteiger partial charge in [0.15, 0.2) is 17.4 Å². The van der Waals surface area contributed by atoms with E-state index < -0.39 is 17.4 Å². The summed E-state index contributed by atoms with van der Waals surface area (Å²) in [5, 5.41) is 9.24. The van der Waals surface area contributed by atoms with Gasteiger partial charge in [-0.15, -0.1) is 0 Å². The monoisotopic (exact) mass is 260 g/mol. The summed E-state index contributed by atoms with van der Waals surface area (Å²) in [5.74, 6) is -2.40. The fourth-order valence-electron chi connectivity index (χ4n) is 1.57. The van der Waals surface area contributed by atoms with Gasteiger partial charge in [0, 0.05) is 11.1 Å². The van der Waals surface area contributed by atoms with Gasteiger partial charge < -0.3 is 5.11 Å². The molecule has 0 aliphatic carbocycles. The molecule has 4 heteroatoms. The summed E-state index contributed by atoms with van der Waals surface area (Å²) in [5.41, 5.74) is 0.265. The third kappa shape index (κ3) is 3.04. The molecular weight excluding hydrogens is 250 g/mol. The Kier molecular flexibility index (Phi) is 3.71. The fraction of sp³-hybridized carbons (Fsp3) is 0. The number of ketones is 1. The Hall–Kier alpha value is -2.49. The summed E-state index contributed by atoms with van der Waals surface area (Å²) in [4.78, 5) is 11.8. The Morgan fingerprint density at radius 1 is 1.11 bits per heavy atom. The van der Waals surface area contributed by atoms with Crippen LogP contribution >= 0.6 is 0 Å². The highest BCUT2D eigenvalue weighted by molar-refractivity contribution is 6.07. The molecule has 0 aliphatic heterocycles. The van der Waals surface area contributed by atoms with Crippen LogP contribution in [0.2, 0.25) is 0 Å². The molecule has 2 aromatic carbocycles. The van der Waals surface area contributed by atoms with Crippen LogP contribution < -0.4 is 0 Å². The third-order valence-corrected chi connectivity index (χ3v) is 2.53. The van der Waals surface area contributed by atoms with Crippen molar-refractivity contribution in [1.29, 1.82) is 0 Å². The van der Waals surface area contributed by atoms with Crippen LogP contribution in [0.1, 0.15) is 15.9 Å².